The van der Waals surface area contributed by atoms with Crippen LogP contribution in [0.15, 0.2) is 29.2 Å². The number of amides is 1. The van der Waals surface area contributed by atoms with E-state index in [-0.39, 0.29) is 23.4 Å². The summed E-state index contributed by atoms with van der Waals surface area (Å²) in [5.41, 5.74) is 5.75. The van der Waals surface area contributed by atoms with Crippen LogP contribution in [0.3, 0.4) is 0 Å². The summed E-state index contributed by atoms with van der Waals surface area (Å²) in [6.07, 6.45) is 0.749. The lowest BCUT2D eigenvalue weighted by atomic mass is 10.3. The summed E-state index contributed by atoms with van der Waals surface area (Å²) < 4.78 is 25.7. The first-order valence-corrected chi connectivity index (χ1v) is 8.38. The second-order valence-electron chi connectivity index (χ2n) is 5.10. The molecule has 1 amide bonds. The van der Waals surface area contributed by atoms with E-state index in [1.54, 1.807) is 4.90 Å². The Bertz CT molecular complexity index is 618. The molecule has 0 radical (unpaired) electrons. The molecule has 1 aliphatic rings. The van der Waals surface area contributed by atoms with E-state index in [4.69, 9.17) is 17.3 Å². The van der Waals surface area contributed by atoms with Crippen molar-refractivity contribution < 1.29 is 13.2 Å². The van der Waals surface area contributed by atoms with Gasteiger partial charge in [0.2, 0.25) is 15.9 Å². The number of hydrogen-bond donors (Lipinski definition) is 1. The van der Waals surface area contributed by atoms with E-state index in [1.165, 1.54) is 31.3 Å². The van der Waals surface area contributed by atoms with Crippen LogP contribution in [0, 0.1) is 0 Å². The Morgan fingerprint density at radius 2 is 2.05 bits per heavy atom. The molecule has 21 heavy (non-hydrogen) atoms. The SMILES string of the molecule is CN(CC(=O)N1CC[C@@H](N)C1)S(=O)(=O)c1ccc(Cl)cc1. The normalized spacial score (nSPS) is 19.2. The predicted octanol–water partition coefficient (Wildman–Crippen LogP) is 0.520. The van der Waals surface area contributed by atoms with Gasteiger partial charge in [-0.05, 0) is 30.7 Å². The highest BCUT2D eigenvalue weighted by atomic mass is 35.5. The van der Waals surface area contributed by atoms with Crippen LogP contribution in [0.4, 0.5) is 0 Å². The number of rotatable bonds is 4. The van der Waals surface area contributed by atoms with Gasteiger partial charge in [0.05, 0.1) is 11.4 Å². The second kappa shape index (κ2) is 6.31. The Kier molecular flexibility index (Phi) is 4.88. The fourth-order valence-corrected chi connectivity index (χ4v) is 3.42. The van der Waals surface area contributed by atoms with Gasteiger partial charge < -0.3 is 10.6 Å². The van der Waals surface area contributed by atoms with Crippen molar-refractivity contribution in [3.05, 3.63) is 29.3 Å². The highest BCUT2D eigenvalue weighted by molar-refractivity contribution is 7.89. The number of halogens is 1. The molecule has 1 aromatic carbocycles. The van der Waals surface area contributed by atoms with Crippen molar-refractivity contribution in [3.63, 3.8) is 0 Å². The summed E-state index contributed by atoms with van der Waals surface area (Å²) in [6, 6.07) is 5.83. The van der Waals surface area contributed by atoms with E-state index in [2.05, 4.69) is 0 Å². The molecule has 8 heteroatoms. The number of carbonyl (C=O) groups is 1. The molecule has 6 nitrogen and oxygen atoms in total. The smallest absolute Gasteiger partial charge is 0.243 e. The van der Waals surface area contributed by atoms with Gasteiger partial charge >= 0.3 is 0 Å². The lowest BCUT2D eigenvalue weighted by Gasteiger charge is -2.21. The van der Waals surface area contributed by atoms with E-state index in [1.807, 2.05) is 0 Å². The number of likely N-dealkylation sites (N-methyl/N-ethyl adjacent to an activating group) is 1. The minimum absolute atomic E-state index is 0.0212. The van der Waals surface area contributed by atoms with E-state index in [0.717, 1.165) is 10.7 Å². The molecule has 0 aliphatic carbocycles. The Balaban J connectivity index is 2.06. The molecule has 1 fully saturated rings. The van der Waals surface area contributed by atoms with Crippen LogP contribution in [0.2, 0.25) is 5.02 Å². The Hall–Kier alpha value is -1.15. The summed E-state index contributed by atoms with van der Waals surface area (Å²) in [5, 5.41) is 0.457. The van der Waals surface area contributed by atoms with Gasteiger partial charge in [0.25, 0.3) is 0 Å². The molecule has 0 unspecified atom stereocenters. The third kappa shape index (κ3) is 3.74. The molecule has 116 valence electrons. The molecule has 1 aliphatic heterocycles. The number of likely N-dealkylation sites (tertiary alicyclic amines) is 1. The molecular weight excluding hydrogens is 314 g/mol. The fourth-order valence-electron chi connectivity index (χ4n) is 2.18. The van der Waals surface area contributed by atoms with Crippen molar-refractivity contribution in [2.24, 2.45) is 5.73 Å². The van der Waals surface area contributed by atoms with E-state index < -0.39 is 10.0 Å². The number of nitrogens with zero attached hydrogens (tertiary/aromatic N) is 2. The molecule has 1 atom stereocenters. The molecule has 2 rings (SSSR count). The molecule has 0 spiro atoms. The number of sulfonamides is 1. The first kappa shape index (κ1) is 16.2. The standard InChI is InChI=1S/C13H18ClN3O3S/c1-16(9-13(18)17-7-6-11(15)8-17)21(19,20)12-4-2-10(14)3-5-12/h2-5,11H,6-9,15H2,1H3/t11-/m1/s1. The van der Waals surface area contributed by atoms with Crippen LogP contribution < -0.4 is 5.73 Å². The summed E-state index contributed by atoms with van der Waals surface area (Å²) in [7, 11) is -2.31. The minimum Gasteiger partial charge on any atom is -0.340 e. The number of carbonyl (C=O) groups excluding carboxylic acids is 1. The predicted molar refractivity (Wildman–Crippen MR) is 80.4 cm³/mol. The van der Waals surface area contributed by atoms with Crippen LogP contribution in [0.5, 0.6) is 0 Å². The van der Waals surface area contributed by atoms with Crippen LogP contribution in [0.1, 0.15) is 6.42 Å². The summed E-state index contributed by atoms with van der Waals surface area (Å²) in [5.74, 6) is -0.233. The molecule has 0 aromatic heterocycles. The highest BCUT2D eigenvalue weighted by Crippen LogP contribution is 2.18. The lowest BCUT2D eigenvalue weighted by molar-refractivity contribution is -0.130. The molecule has 1 saturated heterocycles. The minimum atomic E-state index is -3.70. The number of hydrogen-bond acceptors (Lipinski definition) is 4. The lowest BCUT2D eigenvalue weighted by Crippen LogP contribution is -2.41. The van der Waals surface area contributed by atoms with Crippen molar-refractivity contribution in [1.29, 1.82) is 0 Å². The molecule has 1 aromatic rings. The third-order valence-electron chi connectivity index (χ3n) is 3.46. The average molecular weight is 332 g/mol. The average Bonchev–Trinajstić information content (AvgIpc) is 2.86. The zero-order chi connectivity index (χ0) is 15.6. The van der Waals surface area contributed by atoms with Crippen molar-refractivity contribution in [2.45, 2.75) is 17.4 Å². The van der Waals surface area contributed by atoms with Crippen LogP contribution >= 0.6 is 11.6 Å². The van der Waals surface area contributed by atoms with Crippen LogP contribution in [0.25, 0.3) is 0 Å². The summed E-state index contributed by atoms with van der Waals surface area (Å²) >= 11 is 5.74. The second-order valence-corrected chi connectivity index (χ2v) is 7.58. The maximum Gasteiger partial charge on any atom is 0.243 e. The van der Waals surface area contributed by atoms with Crippen LogP contribution in [-0.4, -0.2) is 56.3 Å². The van der Waals surface area contributed by atoms with Crippen molar-refractivity contribution in [2.75, 3.05) is 26.7 Å². The van der Waals surface area contributed by atoms with Gasteiger partial charge in [0.15, 0.2) is 0 Å². The molecular formula is C13H18ClN3O3S. The van der Waals surface area contributed by atoms with Gasteiger partial charge in [-0.2, -0.15) is 4.31 Å². The van der Waals surface area contributed by atoms with Crippen molar-refractivity contribution in [3.8, 4) is 0 Å². The quantitative estimate of drug-likeness (QED) is 0.871. The van der Waals surface area contributed by atoms with E-state index in [9.17, 15) is 13.2 Å². The van der Waals surface area contributed by atoms with Gasteiger partial charge in [0.1, 0.15) is 0 Å². The fraction of sp³-hybridized carbons (Fsp3) is 0.462. The molecule has 0 saturated carbocycles. The molecule has 2 N–H and O–H groups in total. The zero-order valence-electron chi connectivity index (χ0n) is 11.7. The molecule has 1 heterocycles. The first-order chi connectivity index (χ1) is 9.80. The number of benzene rings is 1. The summed E-state index contributed by atoms with van der Waals surface area (Å²) in [4.78, 5) is 13.8. The van der Waals surface area contributed by atoms with Gasteiger partial charge in [-0.1, -0.05) is 11.6 Å². The Morgan fingerprint density at radius 3 is 2.57 bits per heavy atom. The van der Waals surface area contributed by atoms with Crippen molar-refractivity contribution in [1.82, 2.24) is 9.21 Å². The van der Waals surface area contributed by atoms with Gasteiger partial charge in [-0.15, -0.1) is 0 Å². The molecule has 0 bridgehead atoms. The monoisotopic (exact) mass is 331 g/mol. The van der Waals surface area contributed by atoms with Crippen molar-refractivity contribution >= 4 is 27.5 Å². The third-order valence-corrected chi connectivity index (χ3v) is 5.53. The maximum absolute atomic E-state index is 12.3. The van der Waals surface area contributed by atoms with E-state index in [0.29, 0.717) is 18.1 Å². The van der Waals surface area contributed by atoms with Gasteiger partial charge in [-0.3, -0.25) is 4.79 Å². The first-order valence-electron chi connectivity index (χ1n) is 6.56. The highest BCUT2D eigenvalue weighted by Gasteiger charge is 2.28. The maximum atomic E-state index is 12.3. The zero-order valence-corrected chi connectivity index (χ0v) is 13.3. The topological polar surface area (TPSA) is 83.7 Å². The van der Waals surface area contributed by atoms with Gasteiger partial charge in [-0.25, -0.2) is 8.42 Å². The summed E-state index contributed by atoms with van der Waals surface area (Å²) in [6.45, 7) is 0.861. The van der Waals surface area contributed by atoms with E-state index >= 15 is 0 Å². The van der Waals surface area contributed by atoms with Gasteiger partial charge in [0, 0.05) is 31.2 Å². The largest absolute Gasteiger partial charge is 0.340 e. The Morgan fingerprint density at radius 1 is 1.43 bits per heavy atom. The van der Waals surface area contributed by atoms with Crippen LogP contribution in [-0.2, 0) is 14.8 Å². The Labute approximate surface area is 129 Å². The number of nitrogens with two attached hydrogens (primary N) is 1.